The average Bonchev–Trinajstić information content (AvgIpc) is 2.68. The third-order valence-electron chi connectivity index (χ3n) is 3.84. The Bertz CT molecular complexity index is 996. The van der Waals surface area contributed by atoms with E-state index in [1.165, 1.54) is 4.90 Å². The van der Waals surface area contributed by atoms with Gasteiger partial charge in [-0.15, -0.1) is 6.58 Å². The molecule has 0 aliphatic carbocycles. The van der Waals surface area contributed by atoms with E-state index in [2.05, 4.69) is 23.7 Å². The van der Waals surface area contributed by atoms with E-state index in [9.17, 15) is 9.59 Å². The molecule has 0 atom stereocenters. The van der Waals surface area contributed by atoms with Gasteiger partial charge in [0.05, 0.1) is 0 Å². The van der Waals surface area contributed by atoms with Gasteiger partial charge in [0.2, 0.25) is 0 Å². The minimum absolute atomic E-state index is 0.0357. The summed E-state index contributed by atoms with van der Waals surface area (Å²) in [6.07, 6.45) is 3.10. The summed E-state index contributed by atoms with van der Waals surface area (Å²) in [6.45, 7) is 3.84. The minimum atomic E-state index is -0.502. The predicted octanol–water partition coefficient (Wildman–Crippen LogP) is 2.90. The standard InChI is InChI=1S/C22H16N2O2S/c1-2-14-24-21(26)19(20(25)23-22(24)27)15-18-12-10-17(11-13-18)9-8-16-6-4-3-5-7-16/h2-7,10-13,15H,1,14H2,(H,23,25,27)/b19-15-. The monoisotopic (exact) mass is 372 g/mol. The molecule has 2 amide bonds. The molecule has 1 heterocycles. The number of carbonyl (C=O) groups excluding carboxylic acids is 2. The number of carbonyl (C=O) groups is 2. The van der Waals surface area contributed by atoms with Gasteiger partial charge in [0.15, 0.2) is 5.11 Å². The maximum atomic E-state index is 12.5. The fourth-order valence-electron chi connectivity index (χ4n) is 2.48. The SMILES string of the molecule is C=CCN1C(=O)/C(=C\c2ccc(C#Cc3ccccc3)cc2)C(=O)NC1=S. The van der Waals surface area contributed by atoms with Gasteiger partial charge in [-0.2, -0.15) is 0 Å². The van der Waals surface area contributed by atoms with Gasteiger partial charge in [0, 0.05) is 17.7 Å². The lowest BCUT2D eigenvalue weighted by atomic mass is 10.1. The highest BCUT2D eigenvalue weighted by atomic mass is 32.1. The van der Waals surface area contributed by atoms with E-state index in [-0.39, 0.29) is 17.2 Å². The number of nitrogens with one attached hydrogen (secondary N) is 1. The molecule has 132 valence electrons. The minimum Gasteiger partial charge on any atom is -0.298 e. The van der Waals surface area contributed by atoms with Crippen LogP contribution in [0, 0.1) is 11.8 Å². The van der Waals surface area contributed by atoms with Crippen molar-refractivity contribution >= 4 is 35.2 Å². The van der Waals surface area contributed by atoms with Crippen LogP contribution in [0.2, 0.25) is 0 Å². The molecule has 27 heavy (non-hydrogen) atoms. The zero-order valence-corrected chi connectivity index (χ0v) is 15.3. The van der Waals surface area contributed by atoms with Crippen molar-refractivity contribution in [1.82, 2.24) is 10.2 Å². The third-order valence-corrected chi connectivity index (χ3v) is 4.17. The van der Waals surface area contributed by atoms with Gasteiger partial charge in [-0.05, 0) is 48.1 Å². The number of hydrogen-bond donors (Lipinski definition) is 1. The van der Waals surface area contributed by atoms with E-state index >= 15 is 0 Å². The molecule has 0 saturated carbocycles. The summed E-state index contributed by atoms with van der Waals surface area (Å²) in [4.78, 5) is 25.9. The van der Waals surface area contributed by atoms with Crippen molar-refractivity contribution in [3.05, 3.63) is 89.5 Å². The molecule has 3 rings (SSSR count). The Hall–Kier alpha value is -3.49. The summed E-state index contributed by atoms with van der Waals surface area (Å²) >= 11 is 5.03. The van der Waals surface area contributed by atoms with Gasteiger partial charge in [-0.3, -0.25) is 19.8 Å². The molecule has 1 aliphatic heterocycles. The van der Waals surface area contributed by atoms with Gasteiger partial charge < -0.3 is 0 Å². The van der Waals surface area contributed by atoms with Crippen LogP contribution in [-0.4, -0.2) is 28.4 Å². The van der Waals surface area contributed by atoms with E-state index in [4.69, 9.17) is 12.2 Å². The first-order valence-corrected chi connectivity index (χ1v) is 8.66. The molecule has 1 saturated heterocycles. The maximum Gasteiger partial charge on any atom is 0.265 e. The Morgan fingerprint density at radius 3 is 2.26 bits per heavy atom. The first-order chi connectivity index (χ1) is 13.1. The Kier molecular flexibility index (Phi) is 5.60. The van der Waals surface area contributed by atoms with Crippen LogP contribution < -0.4 is 5.32 Å². The number of nitrogens with zero attached hydrogens (tertiary/aromatic N) is 1. The molecule has 5 heteroatoms. The highest BCUT2D eigenvalue weighted by Gasteiger charge is 2.32. The van der Waals surface area contributed by atoms with Crippen molar-refractivity contribution in [2.24, 2.45) is 0 Å². The first-order valence-electron chi connectivity index (χ1n) is 8.25. The number of benzene rings is 2. The summed E-state index contributed by atoms with van der Waals surface area (Å²) < 4.78 is 0. The van der Waals surface area contributed by atoms with Crippen LogP contribution in [0.15, 0.2) is 72.8 Å². The molecule has 0 unspecified atom stereocenters. The lowest BCUT2D eigenvalue weighted by Gasteiger charge is -2.27. The van der Waals surface area contributed by atoms with Gasteiger partial charge in [0.25, 0.3) is 11.8 Å². The molecule has 1 fully saturated rings. The summed E-state index contributed by atoms with van der Waals surface area (Å²) in [7, 11) is 0. The van der Waals surface area contributed by atoms with Gasteiger partial charge in [-0.25, -0.2) is 0 Å². The predicted molar refractivity (Wildman–Crippen MR) is 109 cm³/mol. The van der Waals surface area contributed by atoms with E-state index in [1.807, 2.05) is 54.6 Å². The van der Waals surface area contributed by atoms with E-state index in [0.29, 0.717) is 0 Å². The van der Waals surface area contributed by atoms with Gasteiger partial charge in [0.1, 0.15) is 5.57 Å². The largest absolute Gasteiger partial charge is 0.298 e. The Morgan fingerprint density at radius 1 is 1.00 bits per heavy atom. The van der Waals surface area contributed by atoms with Gasteiger partial charge >= 0.3 is 0 Å². The average molecular weight is 372 g/mol. The highest BCUT2D eigenvalue weighted by molar-refractivity contribution is 7.80. The summed E-state index contributed by atoms with van der Waals surface area (Å²) in [5, 5.41) is 2.62. The second-order valence-corrected chi connectivity index (χ2v) is 6.15. The van der Waals surface area contributed by atoms with Crippen molar-refractivity contribution in [1.29, 1.82) is 0 Å². The fraction of sp³-hybridized carbons (Fsp3) is 0.0455. The molecule has 2 aromatic carbocycles. The molecular weight excluding hydrogens is 356 g/mol. The number of thiocarbonyl (C=S) groups is 1. The van der Waals surface area contributed by atoms with Crippen LogP contribution in [-0.2, 0) is 9.59 Å². The molecule has 2 aromatic rings. The smallest absolute Gasteiger partial charge is 0.265 e. The van der Waals surface area contributed by atoms with Crippen LogP contribution in [0.3, 0.4) is 0 Å². The molecule has 1 aliphatic rings. The Morgan fingerprint density at radius 2 is 1.63 bits per heavy atom. The lowest BCUT2D eigenvalue weighted by molar-refractivity contribution is -0.128. The van der Waals surface area contributed by atoms with Crippen LogP contribution in [0.4, 0.5) is 0 Å². The van der Waals surface area contributed by atoms with Crippen LogP contribution in [0.25, 0.3) is 6.08 Å². The lowest BCUT2D eigenvalue weighted by Crippen LogP contribution is -2.53. The summed E-state index contributed by atoms with van der Waals surface area (Å²) in [5.41, 5.74) is 2.54. The van der Waals surface area contributed by atoms with Crippen LogP contribution in [0.1, 0.15) is 16.7 Å². The summed E-state index contributed by atoms with van der Waals surface area (Å²) in [6, 6.07) is 17.0. The molecular formula is C22H16N2O2S. The van der Waals surface area contributed by atoms with E-state index in [0.717, 1.165) is 16.7 Å². The van der Waals surface area contributed by atoms with Crippen molar-refractivity contribution < 1.29 is 9.59 Å². The van der Waals surface area contributed by atoms with Gasteiger partial charge in [-0.1, -0.05) is 48.2 Å². The Balaban J connectivity index is 1.81. The topological polar surface area (TPSA) is 49.4 Å². The fourth-order valence-corrected chi connectivity index (χ4v) is 2.73. The Labute approximate surface area is 163 Å². The molecule has 0 bridgehead atoms. The zero-order chi connectivity index (χ0) is 19.2. The van der Waals surface area contributed by atoms with Crippen LogP contribution in [0.5, 0.6) is 0 Å². The first kappa shape index (κ1) is 18.3. The number of rotatable bonds is 3. The number of amides is 2. The third kappa shape index (κ3) is 4.38. The second kappa shape index (κ2) is 8.26. The molecule has 0 aromatic heterocycles. The maximum absolute atomic E-state index is 12.5. The zero-order valence-electron chi connectivity index (χ0n) is 14.4. The second-order valence-electron chi connectivity index (χ2n) is 5.76. The highest BCUT2D eigenvalue weighted by Crippen LogP contribution is 2.15. The molecule has 0 radical (unpaired) electrons. The van der Waals surface area contributed by atoms with Crippen molar-refractivity contribution in [2.45, 2.75) is 0 Å². The number of hydrogen-bond acceptors (Lipinski definition) is 3. The van der Waals surface area contributed by atoms with Crippen molar-refractivity contribution in [3.63, 3.8) is 0 Å². The molecule has 0 spiro atoms. The molecule has 1 N–H and O–H groups in total. The van der Waals surface area contributed by atoms with Crippen LogP contribution >= 0.6 is 12.2 Å². The quantitative estimate of drug-likeness (QED) is 0.296. The van der Waals surface area contributed by atoms with E-state index in [1.54, 1.807) is 12.2 Å². The summed E-state index contributed by atoms with van der Waals surface area (Å²) in [5.74, 6) is 5.24. The van der Waals surface area contributed by atoms with Crippen molar-refractivity contribution in [3.8, 4) is 11.8 Å². The van der Waals surface area contributed by atoms with E-state index < -0.39 is 11.8 Å². The normalized spacial score (nSPS) is 15.2. The molecule has 4 nitrogen and oxygen atoms in total. The van der Waals surface area contributed by atoms with Crippen molar-refractivity contribution in [2.75, 3.05) is 6.54 Å².